The molecule has 6 heteroatoms. The zero-order valence-electron chi connectivity index (χ0n) is 15.7. The minimum Gasteiger partial charge on any atom is -0.365 e. The summed E-state index contributed by atoms with van der Waals surface area (Å²) in [4.78, 5) is 26.6. The van der Waals surface area contributed by atoms with Crippen molar-refractivity contribution in [3.8, 4) is 0 Å². The van der Waals surface area contributed by atoms with E-state index >= 15 is 0 Å². The van der Waals surface area contributed by atoms with Gasteiger partial charge in [-0.1, -0.05) is 13.8 Å². The fourth-order valence-electron chi connectivity index (χ4n) is 3.70. The van der Waals surface area contributed by atoms with E-state index in [1.807, 2.05) is 34.6 Å². The van der Waals surface area contributed by atoms with Gasteiger partial charge in [0.15, 0.2) is 0 Å². The normalized spacial score (nSPS) is 37.2. The number of carbonyl (C=O) groups excluding carboxylic acids is 2. The van der Waals surface area contributed by atoms with Crippen molar-refractivity contribution in [1.29, 1.82) is 0 Å². The summed E-state index contributed by atoms with van der Waals surface area (Å²) in [5.41, 5.74) is 0. The van der Waals surface area contributed by atoms with Crippen molar-refractivity contribution in [2.24, 2.45) is 11.8 Å². The molecule has 138 valence electrons. The molecule has 0 radical (unpaired) electrons. The number of nitrogens with zero attached hydrogens (tertiary/aromatic N) is 1. The summed E-state index contributed by atoms with van der Waals surface area (Å²) < 4.78 is 11.4. The molecule has 0 aromatic carbocycles. The molecule has 0 aliphatic carbocycles. The van der Waals surface area contributed by atoms with Crippen LogP contribution >= 0.6 is 0 Å². The number of likely N-dealkylation sites (N-methyl/N-ethyl adjacent to an activating group) is 1. The van der Waals surface area contributed by atoms with Crippen molar-refractivity contribution in [3.05, 3.63) is 0 Å². The van der Waals surface area contributed by atoms with Gasteiger partial charge in [-0.05, 0) is 45.4 Å². The van der Waals surface area contributed by atoms with Crippen molar-refractivity contribution in [3.63, 3.8) is 0 Å². The molecule has 2 aliphatic rings. The number of nitrogens with one attached hydrogen (secondary N) is 1. The molecule has 0 spiro atoms. The molecule has 2 rings (SSSR count). The predicted molar refractivity (Wildman–Crippen MR) is 91.5 cm³/mol. The Labute approximate surface area is 145 Å². The molecule has 0 aromatic rings. The van der Waals surface area contributed by atoms with Gasteiger partial charge >= 0.3 is 0 Å². The molecule has 2 fully saturated rings. The van der Waals surface area contributed by atoms with Gasteiger partial charge in [-0.3, -0.25) is 9.59 Å². The van der Waals surface area contributed by atoms with Crippen LogP contribution in [0.15, 0.2) is 0 Å². The molecule has 0 unspecified atom stereocenters. The van der Waals surface area contributed by atoms with Gasteiger partial charge in [0.05, 0.1) is 12.2 Å². The maximum atomic E-state index is 12.6. The lowest BCUT2D eigenvalue weighted by Crippen LogP contribution is -2.49. The molecule has 7 atom stereocenters. The van der Waals surface area contributed by atoms with Crippen LogP contribution in [0.5, 0.6) is 0 Å². The Kier molecular flexibility index (Phi) is 6.26. The van der Waals surface area contributed by atoms with E-state index in [2.05, 4.69) is 5.32 Å². The average molecular weight is 340 g/mol. The van der Waals surface area contributed by atoms with Gasteiger partial charge in [0.25, 0.3) is 5.91 Å². The Balaban J connectivity index is 1.82. The lowest BCUT2D eigenvalue weighted by atomic mass is 10.0. The summed E-state index contributed by atoms with van der Waals surface area (Å²) >= 11 is 0. The van der Waals surface area contributed by atoms with E-state index in [-0.39, 0.29) is 54.1 Å². The van der Waals surface area contributed by atoms with E-state index in [1.165, 1.54) is 0 Å². The average Bonchev–Trinajstić information content (AvgIpc) is 3.03. The quantitative estimate of drug-likeness (QED) is 0.825. The second-order valence-electron chi connectivity index (χ2n) is 7.70. The van der Waals surface area contributed by atoms with Crippen molar-refractivity contribution < 1.29 is 19.1 Å². The van der Waals surface area contributed by atoms with Gasteiger partial charge < -0.3 is 19.7 Å². The largest absolute Gasteiger partial charge is 0.365 e. The van der Waals surface area contributed by atoms with Crippen molar-refractivity contribution in [2.45, 2.75) is 77.9 Å². The van der Waals surface area contributed by atoms with E-state index in [9.17, 15) is 9.59 Å². The first-order valence-corrected chi connectivity index (χ1v) is 9.06. The molecule has 24 heavy (non-hydrogen) atoms. The second kappa shape index (κ2) is 7.83. The maximum Gasteiger partial charge on any atom is 0.252 e. The van der Waals surface area contributed by atoms with Crippen LogP contribution in [-0.2, 0) is 19.1 Å². The van der Waals surface area contributed by atoms with E-state index in [0.29, 0.717) is 6.54 Å². The number of ether oxygens (including phenoxy) is 2. The molecule has 0 aromatic heterocycles. The van der Waals surface area contributed by atoms with Gasteiger partial charge in [-0.2, -0.15) is 0 Å². The third-order valence-electron chi connectivity index (χ3n) is 5.28. The Hall–Kier alpha value is -1.14. The first-order chi connectivity index (χ1) is 11.2. The second-order valence-corrected chi connectivity index (χ2v) is 7.70. The van der Waals surface area contributed by atoms with E-state index < -0.39 is 0 Å². The van der Waals surface area contributed by atoms with Crippen LogP contribution in [-0.4, -0.2) is 60.8 Å². The lowest BCUT2D eigenvalue weighted by Gasteiger charge is -2.29. The monoisotopic (exact) mass is 340 g/mol. The standard InChI is InChI=1S/C18H32N2O4/c1-10-7-13(4)23-15(10)17(21)19-9-12(3)20(6)18(22)16-11(2)8-14(5)24-16/h10-16H,7-9H2,1-6H3,(H,19,21)/t10-,11+,12-,13+,14-,15+,16+/m0/s1. The Morgan fingerprint density at radius 1 is 1.04 bits per heavy atom. The van der Waals surface area contributed by atoms with Gasteiger partial charge in [0, 0.05) is 19.6 Å². The fraction of sp³-hybridized carbons (Fsp3) is 0.889. The van der Waals surface area contributed by atoms with Crippen LogP contribution in [0.2, 0.25) is 0 Å². The van der Waals surface area contributed by atoms with Gasteiger partial charge in [-0.15, -0.1) is 0 Å². The number of hydrogen-bond donors (Lipinski definition) is 1. The van der Waals surface area contributed by atoms with Crippen molar-refractivity contribution in [1.82, 2.24) is 10.2 Å². The number of rotatable bonds is 5. The summed E-state index contributed by atoms with van der Waals surface area (Å²) in [7, 11) is 1.77. The van der Waals surface area contributed by atoms with Gasteiger partial charge in [0.1, 0.15) is 12.2 Å². The molecule has 2 amide bonds. The summed E-state index contributed by atoms with van der Waals surface area (Å²) in [5.74, 6) is 0.362. The number of hydrogen-bond acceptors (Lipinski definition) is 4. The molecule has 2 aliphatic heterocycles. The molecule has 6 nitrogen and oxygen atoms in total. The first kappa shape index (κ1) is 19.2. The third-order valence-corrected chi connectivity index (χ3v) is 5.28. The third kappa shape index (κ3) is 4.28. The highest BCUT2D eigenvalue weighted by Crippen LogP contribution is 2.27. The van der Waals surface area contributed by atoms with Crippen LogP contribution in [0.25, 0.3) is 0 Å². The highest BCUT2D eigenvalue weighted by atomic mass is 16.5. The highest BCUT2D eigenvalue weighted by molar-refractivity contribution is 5.82. The molecule has 1 N–H and O–H groups in total. The predicted octanol–water partition coefficient (Wildman–Crippen LogP) is 1.58. The van der Waals surface area contributed by atoms with E-state index in [1.54, 1.807) is 11.9 Å². The Morgan fingerprint density at radius 3 is 2.00 bits per heavy atom. The number of carbonyl (C=O) groups is 2. The molecular formula is C18H32N2O4. The maximum absolute atomic E-state index is 12.6. The molecular weight excluding hydrogens is 308 g/mol. The summed E-state index contributed by atoms with van der Waals surface area (Å²) in [6.45, 7) is 10.4. The van der Waals surface area contributed by atoms with E-state index in [4.69, 9.17) is 9.47 Å². The van der Waals surface area contributed by atoms with Crippen molar-refractivity contribution >= 4 is 11.8 Å². The molecule has 2 saturated heterocycles. The minimum atomic E-state index is -0.382. The van der Waals surface area contributed by atoms with Gasteiger partial charge in [0.2, 0.25) is 5.91 Å². The van der Waals surface area contributed by atoms with Crippen LogP contribution in [0.3, 0.4) is 0 Å². The van der Waals surface area contributed by atoms with Crippen LogP contribution in [0.1, 0.15) is 47.5 Å². The van der Waals surface area contributed by atoms with E-state index in [0.717, 1.165) is 12.8 Å². The SMILES string of the molecule is C[C@@H]1C[C@H](C)[C@H](C(=O)NC[C@H](C)N(C)C(=O)[C@@H]2O[C@@H](C)C[C@H]2C)O1. The lowest BCUT2D eigenvalue weighted by molar-refractivity contribution is -0.145. The summed E-state index contributed by atoms with van der Waals surface area (Å²) in [6, 6.07) is -0.0951. The van der Waals surface area contributed by atoms with Crippen molar-refractivity contribution in [2.75, 3.05) is 13.6 Å². The minimum absolute atomic E-state index is 0.00675. The Morgan fingerprint density at radius 2 is 1.54 bits per heavy atom. The van der Waals surface area contributed by atoms with Crippen LogP contribution in [0, 0.1) is 11.8 Å². The topological polar surface area (TPSA) is 67.9 Å². The van der Waals surface area contributed by atoms with Gasteiger partial charge in [-0.25, -0.2) is 0 Å². The molecule has 2 heterocycles. The zero-order valence-corrected chi connectivity index (χ0v) is 15.7. The molecule has 0 bridgehead atoms. The summed E-state index contributed by atoms with van der Waals surface area (Å²) in [6.07, 6.45) is 1.31. The number of amides is 2. The van der Waals surface area contributed by atoms with Crippen LogP contribution < -0.4 is 5.32 Å². The van der Waals surface area contributed by atoms with Crippen LogP contribution in [0.4, 0.5) is 0 Å². The molecule has 0 saturated carbocycles. The highest BCUT2D eigenvalue weighted by Gasteiger charge is 2.38. The smallest absolute Gasteiger partial charge is 0.252 e. The Bertz CT molecular complexity index is 470. The fourth-order valence-corrected chi connectivity index (χ4v) is 3.70. The first-order valence-electron chi connectivity index (χ1n) is 9.06. The summed E-state index contributed by atoms with van der Waals surface area (Å²) in [5, 5.41) is 2.92. The zero-order chi connectivity index (χ0) is 18.0.